The number of nitrogens with two attached hydrogens (primary N) is 1. The van der Waals surface area contributed by atoms with Crippen molar-refractivity contribution < 1.29 is 13.6 Å². The number of furan rings is 1. The smallest absolute Gasteiger partial charge is 0.199 e. The van der Waals surface area contributed by atoms with Crippen molar-refractivity contribution in [2.75, 3.05) is 6.54 Å². The normalized spacial score (nSPS) is 10.8. The Morgan fingerprint density at radius 2 is 2.20 bits per heavy atom. The van der Waals surface area contributed by atoms with Crippen molar-refractivity contribution in [3.63, 3.8) is 0 Å². The number of benzene rings is 1. The van der Waals surface area contributed by atoms with Gasteiger partial charge in [-0.1, -0.05) is 0 Å². The summed E-state index contributed by atoms with van der Waals surface area (Å²) in [5.74, 6) is -0.267. The lowest BCUT2D eigenvalue weighted by Gasteiger charge is -1.91. The Bertz CT molecular complexity index is 504. The fourth-order valence-corrected chi connectivity index (χ4v) is 1.41. The Labute approximate surface area is 85.7 Å². The van der Waals surface area contributed by atoms with Crippen LogP contribution in [0.15, 0.2) is 28.7 Å². The van der Waals surface area contributed by atoms with E-state index in [0.717, 1.165) is 0 Å². The molecule has 0 spiro atoms. The third-order valence-corrected chi connectivity index (χ3v) is 2.12. The maximum absolute atomic E-state index is 12.8. The van der Waals surface area contributed by atoms with E-state index in [1.54, 1.807) is 0 Å². The zero-order valence-electron chi connectivity index (χ0n) is 8.00. The molecule has 3 nitrogen and oxygen atoms in total. The van der Waals surface area contributed by atoms with Crippen molar-refractivity contribution in [2.24, 2.45) is 5.73 Å². The first kappa shape index (κ1) is 9.86. The lowest BCUT2D eigenvalue weighted by Crippen LogP contribution is -2.06. The summed E-state index contributed by atoms with van der Waals surface area (Å²) in [4.78, 5) is 11.4. The van der Waals surface area contributed by atoms with Gasteiger partial charge in [0.15, 0.2) is 11.5 Å². The van der Waals surface area contributed by atoms with Gasteiger partial charge in [0, 0.05) is 11.8 Å². The lowest BCUT2D eigenvalue weighted by atomic mass is 10.2. The number of rotatable bonds is 3. The molecule has 0 saturated heterocycles. The van der Waals surface area contributed by atoms with E-state index in [1.807, 2.05) is 0 Å². The second kappa shape index (κ2) is 3.82. The van der Waals surface area contributed by atoms with Crippen molar-refractivity contribution in [2.45, 2.75) is 6.42 Å². The van der Waals surface area contributed by atoms with Gasteiger partial charge in [-0.2, -0.15) is 0 Å². The fourth-order valence-electron chi connectivity index (χ4n) is 1.41. The molecule has 1 aromatic heterocycles. The molecule has 0 aliphatic carbocycles. The van der Waals surface area contributed by atoms with Gasteiger partial charge in [0.05, 0.1) is 0 Å². The number of fused-ring (bicyclic) bond motifs is 1. The Hall–Kier alpha value is -1.68. The van der Waals surface area contributed by atoms with Gasteiger partial charge in [-0.3, -0.25) is 4.79 Å². The number of hydrogen-bond donors (Lipinski definition) is 1. The molecule has 0 aliphatic heterocycles. The summed E-state index contributed by atoms with van der Waals surface area (Å²) >= 11 is 0. The number of carbonyl (C=O) groups is 1. The van der Waals surface area contributed by atoms with E-state index >= 15 is 0 Å². The molecule has 1 heterocycles. The van der Waals surface area contributed by atoms with Gasteiger partial charge in [0.25, 0.3) is 0 Å². The lowest BCUT2D eigenvalue weighted by molar-refractivity contribution is 0.0961. The second-order valence-electron chi connectivity index (χ2n) is 3.25. The van der Waals surface area contributed by atoms with Crippen molar-refractivity contribution >= 4 is 16.8 Å². The van der Waals surface area contributed by atoms with Crippen LogP contribution in [0.4, 0.5) is 4.39 Å². The number of Topliss-reactive ketones (excluding diaryl/α,β-unsaturated/α-hetero) is 1. The Kier molecular flexibility index (Phi) is 2.51. The molecule has 1 aromatic carbocycles. The number of carbonyl (C=O) groups excluding carboxylic acids is 1. The average molecular weight is 207 g/mol. The molecule has 0 amide bonds. The standard InChI is InChI=1S/C11H10FNO2/c12-8-1-2-10-7(5-8)6-11(15-10)9(14)3-4-13/h1-2,5-6H,3-4,13H2. The van der Waals surface area contributed by atoms with Crippen molar-refractivity contribution in [3.8, 4) is 0 Å². The molecule has 0 atom stereocenters. The highest BCUT2D eigenvalue weighted by Gasteiger charge is 2.11. The topological polar surface area (TPSA) is 56.2 Å². The van der Waals surface area contributed by atoms with Gasteiger partial charge in [-0.05, 0) is 30.8 Å². The summed E-state index contributed by atoms with van der Waals surface area (Å²) in [6.07, 6.45) is 0.238. The maximum atomic E-state index is 12.8. The number of hydrogen-bond acceptors (Lipinski definition) is 3. The molecule has 0 bridgehead atoms. The second-order valence-corrected chi connectivity index (χ2v) is 3.25. The highest BCUT2D eigenvalue weighted by molar-refractivity contribution is 5.97. The number of ketones is 1. The van der Waals surface area contributed by atoms with E-state index in [-0.39, 0.29) is 30.3 Å². The monoisotopic (exact) mass is 207 g/mol. The zero-order valence-corrected chi connectivity index (χ0v) is 8.00. The molecule has 2 aromatic rings. The van der Waals surface area contributed by atoms with E-state index in [0.29, 0.717) is 11.0 Å². The van der Waals surface area contributed by atoms with E-state index in [2.05, 4.69) is 0 Å². The summed E-state index contributed by atoms with van der Waals surface area (Å²) in [6.45, 7) is 0.282. The molecular weight excluding hydrogens is 197 g/mol. The third-order valence-electron chi connectivity index (χ3n) is 2.12. The largest absolute Gasteiger partial charge is 0.453 e. The van der Waals surface area contributed by atoms with Crippen LogP contribution in [0.5, 0.6) is 0 Å². The van der Waals surface area contributed by atoms with Crippen molar-refractivity contribution in [3.05, 3.63) is 35.8 Å². The van der Waals surface area contributed by atoms with Gasteiger partial charge in [0.1, 0.15) is 11.4 Å². The van der Waals surface area contributed by atoms with Crippen LogP contribution in [0.2, 0.25) is 0 Å². The Morgan fingerprint density at radius 3 is 2.93 bits per heavy atom. The van der Waals surface area contributed by atoms with Crippen LogP contribution in [-0.4, -0.2) is 12.3 Å². The highest BCUT2D eigenvalue weighted by Crippen LogP contribution is 2.21. The highest BCUT2D eigenvalue weighted by atomic mass is 19.1. The summed E-state index contributed by atoms with van der Waals surface area (Å²) in [6, 6.07) is 5.67. The molecule has 78 valence electrons. The summed E-state index contributed by atoms with van der Waals surface area (Å²) < 4.78 is 18.1. The molecule has 0 radical (unpaired) electrons. The van der Waals surface area contributed by atoms with E-state index in [4.69, 9.17) is 10.2 Å². The van der Waals surface area contributed by atoms with E-state index in [9.17, 15) is 9.18 Å². The SMILES string of the molecule is NCCC(=O)c1cc2cc(F)ccc2o1. The summed E-state index contributed by atoms with van der Waals surface area (Å²) in [5.41, 5.74) is 5.77. The van der Waals surface area contributed by atoms with Gasteiger partial charge in [0.2, 0.25) is 0 Å². The predicted molar refractivity (Wildman–Crippen MR) is 54.2 cm³/mol. The number of halogens is 1. The average Bonchev–Trinajstić information content (AvgIpc) is 2.60. The molecule has 0 saturated carbocycles. The van der Waals surface area contributed by atoms with Gasteiger partial charge < -0.3 is 10.2 Å². The maximum Gasteiger partial charge on any atom is 0.199 e. The van der Waals surface area contributed by atoms with Crippen LogP contribution < -0.4 is 5.73 Å². The van der Waals surface area contributed by atoms with Crippen LogP contribution in [0.3, 0.4) is 0 Å². The first-order valence-electron chi connectivity index (χ1n) is 4.63. The van der Waals surface area contributed by atoms with Crippen molar-refractivity contribution in [1.82, 2.24) is 0 Å². The Balaban J connectivity index is 2.42. The molecular formula is C11H10FNO2. The van der Waals surface area contributed by atoms with E-state index < -0.39 is 0 Å². The van der Waals surface area contributed by atoms with Gasteiger partial charge in [-0.25, -0.2) is 4.39 Å². The third kappa shape index (κ3) is 1.89. The minimum Gasteiger partial charge on any atom is -0.453 e. The van der Waals surface area contributed by atoms with Crippen LogP contribution in [-0.2, 0) is 0 Å². The van der Waals surface area contributed by atoms with Crippen LogP contribution in [0.25, 0.3) is 11.0 Å². The zero-order chi connectivity index (χ0) is 10.8. The van der Waals surface area contributed by atoms with Gasteiger partial charge in [-0.15, -0.1) is 0 Å². The molecule has 0 unspecified atom stereocenters. The minimum atomic E-state index is -0.346. The van der Waals surface area contributed by atoms with Crippen LogP contribution >= 0.6 is 0 Å². The molecule has 2 rings (SSSR count). The van der Waals surface area contributed by atoms with Crippen molar-refractivity contribution in [1.29, 1.82) is 0 Å². The molecule has 0 aliphatic rings. The summed E-state index contributed by atoms with van der Waals surface area (Å²) in [7, 11) is 0. The fraction of sp³-hybridized carbons (Fsp3) is 0.182. The quantitative estimate of drug-likeness (QED) is 0.784. The molecule has 0 fully saturated rings. The molecule has 4 heteroatoms. The molecule has 15 heavy (non-hydrogen) atoms. The first-order chi connectivity index (χ1) is 7.20. The Morgan fingerprint density at radius 1 is 1.40 bits per heavy atom. The summed E-state index contributed by atoms with van der Waals surface area (Å²) in [5, 5.41) is 0.593. The van der Waals surface area contributed by atoms with Gasteiger partial charge >= 0.3 is 0 Å². The van der Waals surface area contributed by atoms with E-state index in [1.165, 1.54) is 24.3 Å². The molecule has 2 N–H and O–H groups in total. The minimum absolute atomic E-state index is 0.158. The first-order valence-corrected chi connectivity index (χ1v) is 4.63. The van der Waals surface area contributed by atoms with Crippen LogP contribution in [0.1, 0.15) is 17.0 Å². The predicted octanol–water partition coefficient (Wildman–Crippen LogP) is 2.10. The van der Waals surface area contributed by atoms with Crippen LogP contribution in [0, 0.1) is 5.82 Å².